The number of carbonyl (C=O) groups excluding carboxylic acids is 1. The van der Waals surface area contributed by atoms with E-state index >= 15 is 0 Å². The Morgan fingerprint density at radius 1 is 1.23 bits per heavy atom. The van der Waals surface area contributed by atoms with Crippen molar-refractivity contribution in [3.63, 3.8) is 0 Å². The van der Waals surface area contributed by atoms with Crippen LogP contribution in [0.4, 0.5) is 0 Å². The second-order valence-electron chi connectivity index (χ2n) is 6.22. The van der Waals surface area contributed by atoms with Crippen LogP contribution < -0.4 is 36.7 Å². The van der Waals surface area contributed by atoms with E-state index in [-0.39, 0.29) is 22.9 Å². The number of nitrogens with one attached hydrogen (secondary N) is 1. The summed E-state index contributed by atoms with van der Waals surface area (Å²) >= 11 is 4.81. The summed E-state index contributed by atoms with van der Waals surface area (Å²) in [5, 5.41) is 6.33. The molecule has 6 nitrogen and oxygen atoms in total. The fourth-order valence-electron chi connectivity index (χ4n) is 2.95. The Balaban J connectivity index is 0.00000256. The van der Waals surface area contributed by atoms with Gasteiger partial charge in [0, 0.05) is 27.5 Å². The van der Waals surface area contributed by atoms with E-state index < -0.39 is 0 Å². The van der Waals surface area contributed by atoms with Crippen LogP contribution >= 0.6 is 27.3 Å². The lowest BCUT2D eigenvalue weighted by molar-refractivity contribution is -0.0000144. The summed E-state index contributed by atoms with van der Waals surface area (Å²) in [7, 11) is 0. The van der Waals surface area contributed by atoms with Gasteiger partial charge >= 0.3 is 0 Å². The summed E-state index contributed by atoms with van der Waals surface area (Å²) < 4.78 is 14.1. The first-order chi connectivity index (χ1) is 14.2. The number of allylic oxidation sites excluding steroid dienone is 1. The molecule has 1 aliphatic heterocycles. The van der Waals surface area contributed by atoms with Gasteiger partial charge in [0.25, 0.3) is 5.91 Å². The molecule has 4 rings (SSSR count). The Labute approximate surface area is 196 Å². The molecule has 156 valence electrons. The van der Waals surface area contributed by atoms with E-state index in [4.69, 9.17) is 9.47 Å². The molecule has 0 saturated carbocycles. The fourth-order valence-corrected chi connectivity index (χ4v) is 4.23. The lowest BCUT2D eigenvalue weighted by Gasteiger charge is -2.19. The molecule has 2 heterocycles. The van der Waals surface area contributed by atoms with E-state index in [9.17, 15) is 4.79 Å². The summed E-state index contributed by atoms with van der Waals surface area (Å²) in [6.07, 6.45) is 1.80. The van der Waals surface area contributed by atoms with Crippen LogP contribution in [0.25, 0.3) is 11.3 Å². The first-order valence-electron chi connectivity index (χ1n) is 8.94. The van der Waals surface area contributed by atoms with Gasteiger partial charge < -0.3 is 31.0 Å². The van der Waals surface area contributed by atoms with Crippen LogP contribution in [-0.2, 0) is 6.54 Å². The molecule has 0 radical (unpaired) electrons. The molecule has 0 unspecified atom stereocenters. The Hall–Kier alpha value is -2.36. The first kappa shape index (κ1) is 22.3. The van der Waals surface area contributed by atoms with Crippen molar-refractivity contribution < 1.29 is 31.2 Å². The zero-order valence-corrected chi connectivity index (χ0v) is 19.8. The number of hydrogen-bond donors (Lipinski definition) is 1. The van der Waals surface area contributed by atoms with Crippen LogP contribution in [0.15, 0.2) is 70.1 Å². The minimum Gasteiger partial charge on any atom is -1.00 e. The van der Waals surface area contributed by atoms with E-state index in [1.54, 1.807) is 18.2 Å². The first-order valence-corrected chi connectivity index (χ1v) is 10.6. The molecule has 0 spiro atoms. The lowest BCUT2D eigenvalue weighted by atomic mass is 10.1. The maximum Gasteiger partial charge on any atom is 0.271 e. The van der Waals surface area contributed by atoms with Crippen molar-refractivity contribution in [1.82, 2.24) is 9.99 Å². The number of benzene rings is 2. The Morgan fingerprint density at radius 3 is 2.80 bits per heavy atom. The molecule has 3 aromatic rings. The molecular weight excluding hydrogens is 534 g/mol. The van der Waals surface area contributed by atoms with Crippen molar-refractivity contribution >= 4 is 33.2 Å². The van der Waals surface area contributed by atoms with Gasteiger partial charge in [-0.2, -0.15) is 0 Å². The van der Waals surface area contributed by atoms with Crippen LogP contribution in [0.3, 0.4) is 0 Å². The second kappa shape index (κ2) is 10.1. The average molecular weight is 552 g/mol. The van der Waals surface area contributed by atoms with Gasteiger partial charge in [-0.3, -0.25) is 4.79 Å². The number of fused-ring (bicyclic) bond motifs is 1. The van der Waals surface area contributed by atoms with Gasteiger partial charge in [0.05, 0.1) is 5.69 Å². The Kier molecular flexibility index (Phi) is 7.52. The Bertz CT molecular complexity index is 1140. The maximum absolute atomic E-state index is 12.4. The molecule has 1 N–H and O–H groups in total. The third-order valence-electron chi connectivity index (χ3n) is 4.29. The third kappa shape index (κ3) is 4.85. The molecule has 30 heavy (non-hydrogen) atoms. The quantitative estimate of drug-likeness (QED) is 0.383. The van der Waals surface area contributed by atoms with E-state index in [0.29, 0.717) is 30.1 Å². The normalized spacial score (nSPS) is 12.8. The van der Waals surface area contributed by atoms with Crippen LogP contribution in [0.2, 0.25) is 0 Å². The lowest BCUT2D eigenvalue weighted by Crippen LogP contribution is -3.00. The minimum absolute atomic E-state index is 0. The fraction of sp³-hybridized carbons (Fsp3) is 0.143. The number of nitrogens with zero attached hydrogens (tertiary/aromatic N) is 2. The molecule has 0 aliphatic carbocycles. The van der Waals surface area contributed by atoms with E-state index in [1.807, 2.05) is 40.3 Å². The van der Waals surface area contributed by atoms with Crippen LogP contribution in [0.5, 0.6) is 11.5 Å². The highest BCUT2D eigenvalue weighted by atomic mass is 79.9. The van der Waals surface area contributed by atoms with Crippen molar-refractivity contribution in [2.45, 2.75) is 6.54 Å². The van der Waals surface area contributed by atoms with E-state index in [2.05, 4.69) is 33.0 Å². The van der Waals surface area contributed by atoms with E-state index in [0.717, 1.165) is 27.2 Å². The van der Waals surface area contributed by atoms with Gasteiger partial charge in [0.15, 0.2) is 11.5 Å². The summed E-state index contributed by atoms with van der Waals surface area (Å²) in [5.41, 5.74) is 5.10. The van der Waals surface area contributed by atoms with Crippen LogP contribution in [0.1, 0.15) is 10.4 Å². The smallest absolute Gasteiger partial charge is 0.271 e. The van der Waals surface area contributed by atoms with Gasteiger partial charge in [0.1, 0.15) is 13.2 Å². The van der Waals surface area contributed by atoms with Gasteiger partial charge in [-0.05, 0) is 36.4 Å². The molecule has 2 aromatic carbocycles. The van der Waals surface area contributed by atoms with Crippen molar-refractivity contribution in [1.29, 1.82) is 0 Å². The average Bonchev–Trinajstić information content (AvgIpc) is 3.14. The zero-order chi connectivity index (χ0) is 20.2. The summed E-state index contributed by atoms with van der Waals surface area (Å²) in [4.78, 5) is 13.1. The number of rotatable bonds is 5. The topological polar surface area (TPSA) is 64.8 Å². The highest BCUT2D eigenvalue weighted by Crippen LogP contribution is 2.34. The van der Waals surface area contributed by atoms with Crippen molar-refractivity contribution in [2.24, 2.45) is 5.10 Å². The number of hydrogen-bond acceptors (Lipinski definition) is 5. The van der Waals surface area contributed by atoms with Gasteiger partial charge in [0.2, 0.25) is 4.80 Å². The molecule has 1 amide bonds. The monoisotopic (exact) mass is 550 g/mol. The predicted octanol–water partition coefficient (Wildman–Crippen LogP) is 1.19. The second-order valence-corrected chi connectivity index (χ2v) is 7.98. The minimum atomic E-state index is -0.272. The maximum atomic E-state index is 12.4. The standard InChI is InChI=1S/C21H18BrN3O3S.BrH/c1-2-8-25-17(14-6-7-18-19(12-14)28-10-9-27-18)13-29-21(25)24-23-20(26)15-4-3-5-16(22)11-15;/h2-7,11-13H,1,8-10H2,(H,23,26);1H/p-1/b24-21+;. The molecule has 0 atom stereocenters. The van der Waals surface area contributed by atoms with Crippen molar-refractivity contribution in [3.8, 4) is 22.8 Å². The SMILES string of the molecule is C=CCn1c(-c2ccc3c(c2)OCCO3)cs/c1=N/NC(=O)c1cccc(Br)c1.[Br-]. The van der Waals surface area contributed by atoms with Crippen molar-refractivity contribution in [3.05, 3.63) is 75.3 Å². The highest BCUT2D eigenvalue weighted by Gasteiger charge is 2.15. The highest BCUT2D eigenvalue weighted by molar-refractivity contribution is 9.10. The molecule has 0 saturated heterocycles. The molecular formula is C21H18Br2N3O3S-. The largest absolute Gasteiger partial charge is 1.00 e. The van der Waals surface area contributed by atoms with Gasteiger partial charge in [-0.15, -0.1) is 23.0 Å². The molecule has 0 bridgehead atoms. The molecule has 9 heteroatoms. The predicted molar refractivity (Wildman–Crippen MR) is 116 cm³/mol. The number of thiazole rings is 1. The Morgan fingerprint density at radius 2 is 2.03 bits per heavy atom. The number of ether oxygens (including phenoxy) is 2. The summed E-state index contributed by atoms with van der Waals surface area (Å²) in [6.45, 7) is 5.49. The number of aromatic nitrogens is 1. The number of amides is 1. The third-order valence-corrected chi connectivity index (χ3v) is 5.64. The molecule has 1 aromatic heterocycles. The summed E-state index contributed by atoms with van der Waals surface area (Å²) in [6, 6.07) is 13.0. The van der Waals surface area contributed by atoms with Gasteiger partial charge in [-0.25, -0.2) is 5.43 Å². The number of carbonyl (C=O) groups is 1. The number of halogens is 2. The van der Waals surface area contributed by atoms with E-state index in [1.165, 1.54) is 11.3 Å². The van der Waals surface area contributed by atoms with Crippen LogP contribution in [-0.4, -0.2) is 23.7 Å². The van der Waals surface area contributed by atoms with Gasteiger partial charge in [-0.1, -0.05) is 28.1 Å². The van der Waals surface area contributed by atoms with Crippen molar-refractivity contribution in [2.75, 3.05) is 13.2 Å². The van der Waals surface area contributed by atoms with Crippen LogP contribution in [0, 0.1) is 0 Å². The molecule has 1 aliphatic rings. The zero-order valence-electron chi connectivity index (χ0n) is 15.8. The summed E-state index contributed by atoms with van der Waals surface area (Å²) in [5.74, 6) is 1.20. The molecule has 0 fully saturated rings.